The van der Waals surface area contributed by atoms with E-state index in [2.05, 4.69) is 0 Å². The van der Waals surface area contributed by atoms with Crippen LogP contribution in [-0.4, -0.2) is 48.1 Å². The molecule has 1 amide bonds. The number of rotatable bonds is 6. The molecule has 1 aromatic carbocycles. The molecule has 0 saturated carbocycles. The van der Waals surface area contributed by atoms with Gasteiger partial charge in [-0.1, -0.05) is 18.2 Å². The Morgan fingerprint density at radius 2 is 2.21 bits per heavy atom. The Morgan fingerprint density at radius 3 is 2.89 bits per heavy atom. The van der Waals surface area contributed by atoms with Gasteiger partial charge in [0.2, 0.25) is 5.78 Å². The normalized spacial score (nSPS) is 22.2. The minimum absolute atomic E-state index is 0.0963. The number of carbonyl (C=O) groups excluding carboxylic acids is 2. The second kappa shape index (κ2) is 7.77. The predicted octanol–water partition coefficient (Wildman–Crippen LogP) is 3.51. The van der Waals surface area contributed by atoms with Crippen molar-refractivity contribution in [2.45, 2.75) is 25.0 Å². The molecule has 7 heteroatoms. The van der Waals surface area contributed by atoms with Crippen LogP contribution in [0.25, 0.3) is 0 Å². The van der Waals surface area contributed by atoms with Crippen molar-refractivity contribution in [1.29, 1.82) is 0 Å². The number of hydrogen-bond acceptors (Lipinski definition) is 6. The van der Waals surface area contributed by atoms with Gasteiger partial charge in [-0.15, -0.1) is 11.3 Å². The quantitative estimate of drug-likeness (QED) is 0.753. The Morgan fingerprint density at radius 1 is 1.36 bits per heavy atom. The van der Waals surface area contributed by atoms with E-state index in [1.807, 2.05) is 12.1 Å². The van der Waals surface area contributed by atoms with Crippen molar-refractivity contribution in [3.05, 3.63) is 63.6 Å². The highest BCUT2D eigenvalue weighted by Gasteiger charge is 2.45. The maximum Gasteiger partial charge on any atom is 0.290 e. The summed E-state index contributed by atoms with van der Waals surface area (Å²) in [5.74, 6) is -0.729. The number of ether oxygens (including phenoxy) is 2. The molecule has 2 aliphatic rings. The van der Waals surface area contributed by atoms with Gasteiger partial charge >= 0.3 is 0 Å². The van der Waals surface area contributed by atoms with E-state index < -0.39 is 17.7 Å². The number of aliphatic hydroxyl groups excluding tert-OH is 1. The number of ketones is 1. The van der Waals surface area contributed by atoms with Crippen LogP contribution in [0, 0.1) is 0 Å². The molecule has 0 bridgehead atoms. The average Bonchev–Trinajstić information content (AvgIpc) is 3.46. The standard InChI is InChI=1S/C21H21NO5S/c1-26-14-6-2-5-13(11-14)18-17(19(23)16-8-4-10-28-16)20(24)21(25)22(18)12-15-7-3-9-27-15/h2,4-6,8,10-11,15,18,24H,3,7,9,12H2,1H3/t15-,18+/m0/s1. The Kier molecular flexibility index (Phi) is 5.19. The van der Waals surface area contributed by atoms with Gasteiger partial charge in [0.25, 0.3) is 5.91 Å². The van der Waals surface area contributed by atoms with Crippen LogP contribution in [0.1, 0.15) is 34.1 Å². The van der Waals surface area contributed by atoms with Gasteiger partial charge in [0.15, 0.2) is 5.76 Å². The van der Waals surface area contributed by atoms with E-state index in [0.717, 1.165) is 18.4 Å². The van der Waals surface area contributed by atoms with Gasteiger partial charge in [-0.25, -0.2) is 0 Å². The van der Waals surface area contributed by atoms with Crippen LogP contribution in [-0.2, 0) is 9.53 Å². The zero-order valence-corrected chi connectivity index (χ0v) is 16.3. The summed E-state index contributed by atoms with van der Waals surface area (Å²) < 4.78 is 11.0. The third kappa shape index (κ3) is 3.31. The first-order valence-corrected chi connectivity index (χ1v) is 10.1. The zero-order chi connectivity index (χ0) is 19.7. The molecule has 6 nitrogen and oxygen atoms in total. The molecule has 2 aliphatic heterocycles. The highest BCUT2D eigenvalue weighted by atomic mass is 32.1. The molecule has 4 rings (SSSR count). The molecule has 1 fully saturated rings. The highest BCUT2D eigenvalue weighted by molar-refractivity contribution is 7.12. The largest absolute Gasteiger partial charge is 0.503 e. The fraction of sp³-hybridized carbons (Fsp3) is 0.333. The van der Waals surface area contributed by atoms with E-state index in [9.17, 15) is 14.7 Å². The number of nitrogens with zero attached hydrogens (tertiary/aromatic N) is 1. The second-order valence-electron chi connectivity index (χ2n) is 6.84. The summed E-state index contributed by atoms with van der Waals surface area (Å²) in [6, 6.07) is 10.0. The van der Waals surface area contributed by atoms with Gasteiger partial charge in [0, 0.05) is 13.2 Å². The van der Waals surface area contributed by atoms with Crippen molar-refractivity contribution in [3.63, 3.8) is 0 Å². The summed E-state index contributed by atoms with van der Waals surface area (Å²) in [7, 11) is 1.56. The SMILES string of the molecule is COc1cccc([C@@H]2C(C(=O)c3cccs3)=C(O)C(=O)N2C[C@@H]2CCCO2)c1. The number of Topliss-reactive ketones (excluding diaryl/α,β-unsaturated/α-hetero) is 1. The van der Waals surface area contributed by atoms with Crippen LogP contribution < -0.4 is 4.74 Å². The summed E-state index contributed by atoms with van der Waals surface area (Å²) >= 11 is 1.29. The molecule has 146 valence electrons. The van der Waals surface area contributed by atoms with Crippen LogP contribution in [0.3, 0.4) is 0 Å². The molecule has 3 heterocycles. The van der Waals surface area contributed by atoms with Gasteiger partial charge in [0.05, 0.1) is 29.7 Å². The number of carbonyl (C=O) groups is 2. The van der Waals surface area contributed by atoms with E-state index in [1.54, 1.807) is 41.7 Å². The fourth-order valence-electron chi connectivity index (χ4n) is 3.78. The van der Waals surface area contributed by atoms with Gasteiger partial charge < -0.3 is 19.5 Å². The maximum atomic E-state index is 13.1. The van der Waals surface area contributed by atoms with Gasteiger partial charge in [-0.2, -0.15) is 0 Å². The number of thiophene rings is 1. The van der Waals surface area contributed by atoms with Crippen molar-refractivity contribution < 1.29 is 24.2 Å². The van der Waals surface area contributed by atoms with Crippen molar-refractivity contribution in [2.24, 2.45) is 0 Å². The minimum Gasteiger partial charge on any atom is -0.503 e. The third-order valence-corrected chi connectivity index (χ3v) is 6.00. The van der Waals surface area contributed by atoms with E-state index in [0.29, 0.717) is 23.8 Å². The summed E-state index contributed by atoms with van der Waals surface area (Å²) in [5.41, 5.74) is 0.827. The molecule has 0 aliphatic carbocycles. The highest BCUT2D eigenvalue weighted by Crippen LogP contribution is 2.40. The number of benzene rings is 1. The van der Waals surface area contributed by atoms with Crippen LogP contribution >= 0.6 is 11.3 Å². The number of hydrogen-bond donors (Lipinski definition) is 1. The first-order chi connectivity index (χ1) is 13.6. The Balaban J connectivity index is 1.77. The smallest absolute Gasteiger partial charge is 0.290 e. The van der Waals surface area contributed by atoms with E-state index in [1.165, 1.54) is 11.3 Å². The number of methoxy groups -OCH3 is 1. The molecular weight excluding hydrogens is 378 g/mol. The van der Waals surface area contributed by atoms with E-state index in [4.69, 9.17) is 9.47 Å². The maximum absolute atomic E-state index is 13.1. The zero-order valence-electron chi connectivity index (χ0n) is 15.5. The van der Waals surface area contributed by atoms with Gasteiger partial charge in [-0.3, -0.25) is 9.59 Å². The van der Waals surface area contributed by atoms with Crippen LogP contribution in [0.2, 0.25) is 0 Å². The lowest BCUT2D eigenvalue weighted by Gasteiger charge is -2.29. The monoisotopic (exact) mass is 399 g/mol. The lowest BCUT2D eigenvalue weighted by Crippen LogP contribution is -2.37. The minimum atomic E-state index is -0.679. The molecule has 0 radical (unpaired) electrons. The van der Waals surface area contributed by atoms with Crippen LogP contribution in [0.15, 0.2) is 53.1 Å². The average molecular weight is 399 g/mol. The number of amides is 1. The molecule has 1 N–H and O–H groups in total. The molecule has 1 aromatic heterocycles. The van der Waals surface area contributed by atoms with Crippen molar-refractivity contribution in [1.82, 2.24) is 4.90 Å². The molecular formula is C21H21NO5S. The molecule has 1 saturated heterocycles. The lowest BCUT2D eigenvalue weighted by molar-refractivity contribution is -0.131. The summed E-state index contributed by atoms with van der Waals surface area (Å²) in [6.07, 6.45) is 1.70. The first kappa shape index (κ1) is 18.7. The van der Waals surface area contributed by atoms with E-state index in [-0.39, 0.29) is 17.5 Å². The Hall–Kier alpha value is -2.64. The van der Waals surface area contributed by atoms with Crippen LogP contribution in [0.5, 0.6) is 5.75 Å². The van der Waals surface area contributed by atoms with Crippen molar-refractivity contribution in [3.8, 4) is 5.75 Å². The third-order valence-electron chi connectivity index (χ3n) is 5.13. The topological polar surface area (TPSA) is 76.1 Å². The molecule has 28 heavy (non-hydrogen) atoms. The second-order valence-corrected chi connectivity index (χ2v) is 7.79. The molecule has 0 spiro atoms. The van der Waals surface area contributed by atoms with Gasteiger partial charge in [0.1, 0.15) is 5.75 Å². The van der Waals surface area contributed by atoms with Crippen molar-refractivity contribution >= 4 is 23.0 Å². The summed E-state index contributed by atoms with van der Waals surface area (Å²) in [5, 5.41) is 12.4. The summed E-state index contributed by atoms with van der Waals surface area (Å²) in [6.45, 7) is 0.989. The van der Waals surface area contributed by atoms with Gasteiger partial charge in [-0.05, 0) is 42.0 Å². The Bertz CT molecular complexity index is 915. The lowest BCUT2D eigenvalue weighted by atomic mass is 9.95. The molecule has 2 aromatic rings. The van der Waals surface area contributed by atoms with Crippen LogP contribution in [0.4, 0.5) is 0 Å². The molecule has 0 unspecified atom stereocenters. The summed E-state index contributed by atoms with van der Waals surface area (Å²) in [4.78, 5) is 28.1. The molecule has 2 atom stereocenters. The Labute approximate surface area is 167 Å². The predicted molar refractivity (Wildman–Crippen MR) is 105 cm³/mol. The fourth-order valence-corrected chi connectivity index (χ4v) is 4.46. The first-order valence-electron chi connectivity index (χ1n) is 9.18. The van der Waals surface area contributed by atoms with E-state index >= 15 is 0 Å². The number of aliphatic hydroxyl groups is 1. The van der Waals surface area contributed by atoms with Crippen molar-refractivity contribution in [2.75, 3.05) is 20.3 Å².